The number of furan rings is 1. The van der Waals surface area contributed by atoms with E-state index in [4.69, 9.17) is 28.2 Å². The summed E-state index contributed by atoms with van der Waals surface area (Å²) < 4.78 is 6.45. The summed E-state index contributed by atoms with van der Waals surface area (Å²) in [6.45, 7) is 0. The lowest BCUT2D eigenvalue weighted by Gasteiger charge is -2.24. The zero-order valence-corrected chi connectivity index (χ0v) is 16.7. The van der Waals surface area contributed by atoms with E-state index in [2.05, 4.69) is 21.2 Å². The third kappa shape index (κ3) is 3.98. The van der Waals surface area contributed by atoms with Crippen molar-refractivity contribution in [2.75, 3.05) is 7.05 Å². The number of nitrogens with one attached hydrogen (secondary N) is 1. The Labute approximate surface area is 166 Å². The molecule has 2 heterocycles. The van der Waals surface area contributed by atoms with Crippen molar-refractivity contribution < 1.29 is 14.0 Å². The number of hydrogen-bond donors (Lipinski definition) is 1. The second-order valence-corrected chi connectivity index (χ2v) is 7.75. The molecule has 1 aromatic carbocycles. The molecule has 2 aromatic rings. The van der Waals surface area contributed by atoms with Gasteiger partial charge in [-0.05, 0) is 64.6 Å². The van der Waals surface area contributed by atoms with Crippen LogP contribution in [0.2, 0.25) is 5.02 Å². The maximum atomic E-state index is 12.2. The molecule has 0 spiro atoms. The zero-order chi connectivity index (χ0) is 18.1. The second-order valence-electron chi connectivity index (χ2n) is 5.02. The number of halogens is 2. The first-order valence-electron chi connectivity index (χ1n) is 6.93. The average Bonchev–Trinajstić information content (AvgIpc) is 2.91. The molecule has 1 saturated heterocycles. The van der Waals surface area contributed by atoms with Gasteiger partial charge >= 0.3 is 0 Å². The number of benzene rings is 1. The average molecular weight is 458 g/mol. The Balaban J connectivity index is 1.87. The fourth-order valence-electron chi connectivity index (χ4n) is 2.01. The Morgan fingerprint density at radius 1 is 1.32 bits per heavy atom. The summed E-state index contributed by atoms with van der Waals surface area (Å²) >= 11 is 15.6. The largest absolute Gasteiger partial charge is 0.449 e. The van der Waals surface area contributed by atoms with Gasteiger partial charge in [0.05, 0.1) is 4.47 Å². The molecule has 128 valence electrons. The number of rotatable bonds is 3. The van der Waals surface area contributed by atoms with Crippen molar-refractivity contribution in [3.05, 3.63) is 51.2 Å². The number of nitrogens with zero attached hydrogens (tertiary/aromatic N) is 1. The smallest absolute Gasteiger partial charge is 0.265 e. The van der Waals surface area contributed by atoms with E-state index in [0.29, 0.717) is 20.3 Å². The molecule has 0 unspecified atom stereocenters. The minimum atomic E-state index is -0.549. The molecule has 2 amide bonds. The Kier molecular flexibility index (Phi) is 5.33. The van der Waals surface area contributed by atoms with Crippen LogP contribution in [0.3, 0.4) is 0 Å². The van der Waals surface area contributed by atoms with Crippen LogP contribution in [0.4, 0.5) is 0 Å². The van der Waals surface area contributed by atoms with Crippen LogP contribution in [-0.2, 0) is 9.59 Å². The van der Waals surface area contributed by atoms with Gasteiger partial charge in [0.15, 0.2) is 10.2 Å². The third-order valence-electron chi connectivity index (χ3n) is 3.29. The van der Waals surface area contributed by atoms with Crippen molar-refractivity contribution in [1.29, 1.82) is 0 Å². The van der Waals surface area contributed by atoms with E-state index in [0.717, 1.165) is 4.90 Å². The Morgan fingerprint density at radius 3 is 2.68 bits per heavy atom. The molecule has 25 heavy (non-hydrogen) atoms. The lowest BCUT2D eigenvalue weighted by atomic mass is 10.1. The summed E-state index contributed by atoms with van der Waals surface area (Å²) in [7, 11) is 1.50. The molecule has 1 fully saturated rings. The SMILES string of the molecule is CN1C(=O)C(=Cc2cc(Br)c(Sc3ccc(Cl)cc3)o2)C(=O)NC1=S. The maximum absolute atomic E-state index is 12.2. The predicted octanol–water partition coefficient (Wildman–Crippen LogP) is 4.10. The summed E-state index contributed by atoms with van der Waals surface area (Å²) in [6, 6.07) is 9.00. The topological polar surface area (TPSA) is 62.6 Å². The van der Waals surface area contributed by atoms with Crippen LogP contribution in [-0.4, -0.2) is 28.9 Å². The summed E-state index contributed by atoms with van der Waals surface area (Å²) in [4.78, 5) is 26.3. The normalized spacial score (nSPS) is 16.5. The van der Waals surface area contributed by atoms with Crippen molar-refractivity contribution in [1.82, 2.24) is 10.2 Å². The van der Waals surface area contributed by atoms with E-state index in [1.165, 1.54) is 29.8 Å². The van der Waals surface area contributed by atoms with Crippen LogP contribution in [0.25, 0.3) is 6.08 Å². The van der Waals surface area contributed by atoms with Gasteiger partial charge in [0.1, 0.15) is 11.3 Å². The summed E-state index contributed by atoms with van der Waals surface area (Å²) in [5, 5.41) is 3.78. The van der Waals surface area contributed by atoms with Gasteiger partial charge in [-0.25, -0.2) is 0 Å². The van der Waals surface area contributed by atoms with Crippen LogP contribution in [0.1, 0.15) is 5.76 Å². The number of carbonyl (C=O) groups excluding carboxylic acids is 2. The van der Waals surface area contributed by atoms with Crippen LogP contribution >= 0.6 is 51.5 Å². The van der Waals surface area contributed by atoms with Crippen molar-refractivity contribution >= 4 is 74.5 Å². The summed E-state index contributed by atoms with van der Waals surface area (Å²) in [5.74, 6) is -0.649. The highest BCUT2D eigenvalue weighted by molar-refractivity contribution is 9.10. The molecule has 5 nitrogen and oxygen atoms in total. The summed E-state index contributed by atoms with van der Waals surface area (Å²) in [6.07, 6.45) is 1.40. The molecule has 0 radical (unpaired) electrons. The van der Waals surface area contributed by atoms with Crippen molar-refractivity contribution in [3.63, 3.8) is 0 Å². The number of likely N-dealkylation sites (N-methyl/N-ethyl adjacent to an activating group) is 1. The Morgan fingerprint density at radius 2 is 2.00 bits per heavy atom. The first-order chi connectivity index (χ1) is 11.8. The quantitative estimate of drug-likeness (QED) is 0.427. The minimum Gasteiger partial charge on any atom is -0.449 e. The molecule has 0 aliphatic carbocycles. The highest BCUT2D eigenvalue weighted by Crippen LogP contribution is 2.37. The number of thiocarbonyl (C=S) groups is 1. The molecular formula is C16H10BrClN2O3S2. The highest BCUT2D eigenvalue weighted by Gasteiger charge is 2.31. The molecule has 1 aliphatic heterocycles. The second kappa shape index (κ2) is 7.33. The molecule has 0 atom stereocenters. The van der Waals surface area contributed by atoms with Crippen LogP contribution < -0.4 is 5.32 Å². The molecule has 0 bridgehead atoms. The van der Waals surface area contributed by atoms with E-state index in [-0.39, 0.29) is 10.7 Å². The fraction of sp³-hybridized carbons (Fsp3) is 0.0625. The number of amides is 2. The predicted molar refractivity (Wildman–Crippen MR) is 103 cm³/mol. The molecular weight excluding hydrogens is 448 g/mol. The molecule has 1 aliphatic rings. The van der Waals surface area contributed by atoms with Gasteiger partial charge in [-0.2, -0.15) is 0 Å². The Bertz CT molecular complexity index is 909. The lowest BCUT2D eigenvalue weighted by molar-refractivity contribution is -0.128. The molecule has 1 aromatic heterocycles. The van der Waals surface area contributed by atoms with Crippen molar-refractivity contribution in [2.24, 2.45) is 0 Å². The molecule has 3 rings (SSSR count). The van der Waals surface area contributed by atoms with Gasteiger partial charge in [0.25, 0.3) is 11.8 Å². The fourth-order valence-corrected chi connectivity index (χ4v) is 3.64. The minimum absolute atomic E-state index is 0.0413. The van der Waals surface area contributed by atoms with E-state index in [1.807, 2.05) is 12.1 Å². The highest BCUT2D eigenvalue weighted by atomic mass is 79.9. The Hall–Kier alpha value is -1.61. The van der Waals surface area contributed by atoms with Crippen LogP contribution in [0, 0.1) is 0 Å². The monoisotopic (exact) mass is 456 g/mol. The van der Waals surface area contributed by atoms with Gasteiger partial charge in [0.2, 0.25) is 0 Å². The number of carbonyl (C=O) groups is 2. The lowest BCUT2D eigenvalue weighted by Crippen LogP contribution is -2.52. The van der Waals surface area contributed by atoms with Gasteiger partial charge < -0.3 is 4.42 Å². The molecule has 1 N–H and O–H groups in total. The first-order valence-corrected chi connectivity index (χ1v) is 9.32. The van der Waals surface area contributed by atoms with Gasteiger partial charge in [-0.1, -0.05) is 23.4 Å². The standard InChI is InChI=1S/C16H10BrClN2O3S2/c1-20-14(22)11(13(21)19-16(20)24)6-9-7-12(17)15(23-9)25-10-4-2-8(18)3-5-10/h2-7H,1H3,(H,19,21,24). The molecule has 9 heteroatoms. The number of hydrogen-bond acceptors (Lipinski definition) is 5. The van der Waals surface area contributed by atoms with Gasteiger partial charge in [-0.3, -0.25) is 19.8 Å². The van der Waals surface area contributed by atoms with E-state index in [9.17, 15) is 9.59 Å². The van der Waals surface area contributed by atoms with E-state index < -0.39 is 11.8 Å². The van der Waals surface area contributed by atoms with Crippen LogP contribution in [0.5, 0.6) is 0 Å². The first kappa shape index (κ1) is 18.2. The van der Waals surface area contributed by atoms with Gasteiger partial charge in [0, 0.05) is 17.0 Å². The molecule has 0 saturated carbocycles. The zero-order valence-electron chi connectivity index (χ0n) is 12.7. The van der Waals surface area contributed by atoms with Crippen molar-refractivity contribution in [2.45, 2.75) is 9.99 Å². The van der Waals surface area contributed by atoms with E-state index in [1.54, 1.807) is 18.2 Å². The third-order valence-corrected chi connectivity index (χ3v) is 5.77. The van der Waals surface area contributed by atoms with Gasteiger partial charge in [-0.15, -0.1) is 0 Å². The van der Waals surface area contributed by atoms with E-state index >= 15 is 0 Å². The summed E-state index contributed by atoms with van der Waals surface area (Å²) in [5.41, 5.74) is -0.0413. The maximum Gasteiger partial charge on any atom is 0.265 e. The van der Waals surface area contributed by atoms with Crippen LogP contribution in [0.15, 0.2) is 54.8 Å². The van der Waals surface area contributed by atoms with Crippen molar-refractivity contribution in [3.8, 4) is 0 Å².